The van der Waals surface area contributed by atoms with Gasteiger partial charge in [-0.1, -0.05) is 30.3 Å². The van der Waals surface area contributed by atoms with Crippen molar-refractivity contribution in [3.8, 4) is 11.1 Å². The van der Waals surface area contributed by atoms with E-state index in [1.54, 1.807) is 30.0 Å². The summed E-state index contributed by atoms with van der Waals surface area (Å²) < 4.78 is 15.0. The third kappa shape index (κ3) is 4.17. The minimum Gasteiger partial charge on any atom is -0.355 e. The Morgan fingerprint density at radius 1 is 1.06 bits per heavy atom. The van der Waals surface area contributed by atoms with Gasteiger partial charge in [0.05, 0.1) is 5.52 Å². The van der Waals surface area contributed by atoms with Gasteiger partial charge in [0, 0.05) is 28.8 Å². The van der Waals surface area contributed by atoms with Crippen LogP contribution in [-0.4, -0.2) is 26.7 Å². The van der Waals surface area contributed by atoms with Gasteiger partial charge in [-0.3, -0.25) is 9.59 Å². The molecule has 2 heterocycles. The molecule has 0 unspecified atom stereocenters. The minimum absolute atomic E-state index is 0.0957. The fourth-order valence-corrected chi connectivity index (χ4v) is 3.71. The summed E-state index contributed by atoms with van der Waals surface area (Å²) in [4.78, 5) is 44.1. The Bertz CT molecular complexity index is 1370. The van der Waals surface area contributed by atoms with Crippen LogP contribution < -0.4 is 16.6 Å². The van der Waals surface area contributed by atoms with Crippen molar-refractivity contribution in [2.75, 3.05) is 6.26 Å². The van der Waals surface area contributed by atoms with Crippen LogP contribution in [0.25, 0.3) is 22.2 Å². The number of halogens is 1. The molecule has 9 heteroatoms. The highest BCUT2D eigenvalue weighted by atomic mass is 32.2. The summed E-state index contributed by atoms with van der Waals surface area (Å²) in [6.45, 7) is -0.149. The zero-order valence-corrected chi connectivity index (χ0v) is 17.4. The van der Waals surface area contributed by atoms with E-state index in [4.69, 9.17) is 0 Å². The van der Waals surface area contributed by atoms with E-state index in [9.17, 15) is 18.8 Å². The summed E-state index contributed by atoms with van der Waals surface area (Å²) in [7, 11) is 0. The standard InChI is InChI=1S/C22H19FN4O3S/c1-31-14-8-6-13(7-9-14)10-24-18(28)12-27-21(29)20-19(26-22(27)30)16(11-25-20)15-4-2-3-5-17(15)23/h2-9,11,25H,10,12H2,1H3,(H,24,28)(H,26,30). The number of benzene rings is 2. The van der Waals surface area contributed by atoms with Gasteiger partial charge in [-0.25, -0.2) is 13.8 Å². The Morgan fingerprint density at radius 2 is 1.81 bits per heavy atom. The number of aromatic nitrogens is 3. The number of nitrogens with zero attached hydrogens (tertiary/aromatic N) is 1. The summed E-state index contributed by atoms with van der Waals surface area (Å²) in [5.74, 6) is -0.944. The molecule has 4 rings (SSSR count). The molecule has 0 saturated carbocycles. The van der Waals surface area contributed by atoms with Crippen molar-refractivity contribution in [2.45, 2.75) is 18.0 Å². The molecular weight excluding hydrogens is 419 g/mol. The summed E-state index contributed by atoms with van der Waals surface area (Å²) in [6.07, 6.45) is 3.44. The first-order chi connectivity index (χ1) is 15.0. The number of hydrogen-bond acceptors (Lipinski definition) is 4. The van der Waals surface area contributed by atoms with Gasteiger partial charge >= 0.3 is 5.69 Å². The predicted octanol–water partition coefficient (Wildman–Crippen LogP) is 2.86. The zero-order valence-electron chi connectivity index (χ0n) is 16.6. The van der Waals surface area contributed by atoms with E-state index >= 15 is 0 Å². The van der Waals surface area contributed by atoms with E-state index in [2.05, 4.69) is 15.3 Å². The smallest absolute Gasteiger partial charge is 0.329 e. The van der Waals surface area contributed by atoms with Crippen LogP contribution in [0, 0.1) is 5.82 Å². The van der Waals surface area contributed by atoms with Crippen LogP contribution >= 0.6 is 11.8 Å². The van der Waals surface area contributed by atoms with Crippen molar-refractivity contribution in [2.24, 2.45) is 0 Å². The monoisotopic (exact) mass is 438 g/mol. The highest BCUT2D eigenvalue weighted by Gasteiger charge is 2.17. The molecule has 1 amide bonds. The first kappa shape index (κ1) is 20.7. The van der Waals surface area contributed by atoms with E-state index in [1.165, 1.54) is 12.3 Å². The van der Waals surface area contributed by atoms with Crippen molar-refractivity contribution in [1.82, 2.24) is 19.9 Å². The largest absolute Gasteiger partial charge is 0.355 e. The number of rotatable bonds is 6. The first-order valence-corrected chi connectivity index (χ1v) is 10.7. The molecule has 158 valence electrons. The molecule has 3 N–H and O–H groups in total. The quantitative estimate of drug-likeness (QED) is 0.403. The number of thioether (sulfide) groups is 1. The van der Waals surface area contributed by atoms with Gasteiger partial charge in [0.1, 0.15) is 17.9 Å². The Kier molecular flexibility index (Phi) is 5.77. The second-order valence-corrected chi connectivity index (χ2v) is 7.76. The summed E-state index contributed by atoms with van der Waals surface area (Å²) in [5.41, 5.74) is 0.431. The van der Waals surface area contributed by atoms with Crippen molar-refractivity contribution in [3.63, 3.8) is 0 Å². The first-order valence-electron chi connectivity index (χ1n) is 9.46. The maximum atomic E-state index is 14.2. The molecule has 0 bridgehead atoms. The number of amides is 1. The van der Waals surface area contributed by atoms with Crippen molar-refractivity contribution >= 4 is 28.7 Å². The lowest BCUT2D eigenvalue weighted by Gasteiger charge is -2.08. The second kappa shape index (κ2) is 8.65. The molecule has 0 radical (unpaired) electrons. The molecule has 2 aromatic carbocycles. The maximum absolute atomic E-state index is 14.2. The number of carbonyl (C=O) groups is 1. The van der Waals surface area contributed by atoms with E-state index in [0.29, 0.717) is 5.56 Å². The van der Waals surface area contributed by atoms with Crippen LogP contribution in [-0.2, 0) is 17.9 Å². The Morgan fingerprint density at radius 3 is 2.52 bits per heavy atom. The predicted molar refractivity (Wildman–Crippen MR) is 119 cm³/mol. The number of fused-ring (bicyclic) bond motifs is 1. The second-order valence-electron chi connectivity index (χ2n) is 6.88. The summed E-state index contributed by atoms with van der Waals surface area (Å²) in [6, 6.07) is 13.8. The van der Waals surface area contributed by atoms with Gasteiger partial charge in [-0.2, -0.15) is 0 Å². The number of hydrogen-bond donors (Lipinski definition) is 3. The molecule has 0 saturated heterocycles. The molecule has 0 aliphatic heterocycles. The lowest BCUT2D eigenvalue weighted by molar-refractivity contribution is -0.121. The average molecular weight is 438 g/mol. The molecule has 7 nitrogen and oxygen atoms in total. The van der Waals surface area contributed by atoms with Crippen LogP contribution in [0.2, 0.25) is 0 Å². The number of aromatic amines is 2. The Balaban J connectivity index is 1.57. The molecule has 0 fully saturated rings. The molecule has 0 atom stereocenters. The molecule has 4 aromatic rings. The zero-order chi connectivity index (χ0) is 22.0. The molecule has 2 aromatic heterocycles. The SMILES string of the molecule is CSc1ccc(CNC(=O)Cn2c(=O)[nH]c3c(-c4ccccc4F)c[nH]c3c2=O)cc1. The van der Waals surface area contributed by atoms with Gasteiger partial charge in [0.25, 0.3) is 5.56 Å². The molecule has 31 heavy (non-hydrogen) atoms. The molecule has 0 spiro atoms. The van der Waals surface area contributed by atoms with Crippen LogP contribution in [0.15, 0.2) is 69.2 Å². The molecule has 0 aliphatic rings. The summed E-state index contributed by atoms with van der Waals surface area (Å²) in [5, 5.41) is 2.71. The topological polar surface area (TPSA) is 99.8 Å². The van der Waals surface area contributed by atoms with Gasteiger partial charge in [-0.15, -0.1) is 11.8 Å². The third-order valence-electron chi connectivity index (χ3n) is 4.93. The van der Waals surface area contributed by atoms with Crippen molar-refractivity contribution < 1.29 is 9.18 Å². The summed E-state index contributed by atoms with van der Waals surface area (Å²) >= 11 is 1.62. The third-order valence-corrected chi connectivity index (χ3v) is 5.67. The van der Waals surface area contributed by atoms with Crippen LogP contribution in [0.3, 0.4) is 0 Å². The van der Waals surface area contributed by atoms with Crippen molar-refractivity contribution in [1.29, 1.82) is 0 Å². The van der Waals surface area contributed by atoms with Gasteiger partial charge in [0.15, 0.2) is 0 Å². The van der Waals surface area contributed by atoms with E-state index in [-0.39, 0.29) is 23.1 Å². The van der Waals surface area contributed by atoms with E-state index < -0.39 is 29.5 Å². The molecule has 0 aliphatic carbocycles. The van der Waals surface area contributed by atoms with E-state index in [0.717, 1.165) is 15.0 Å². The highest BCUT2D eigenvalue weighted by molar-refractivity contribution is 7.98. The highest BCUT2D eigenvalue weighted by Crippen LogP contribution is 2.27. The number of nitrogens with one attached hydrogen (secondary N) is 3. The molecular formula is C22H19FN4O3S. The van der Waals surface area contributed by atoms with Crippen LogP contribution in [0.1, 0.15) is 5.56 Å². The fourth-order valence-electron chi connectivity index (χ4n) is 3.30. The van der Waals surface area contributed by atoms with Crippen LogP contribution in [0.4, 0.5) is 4.39 Å². The van der Waals surface area contributed by atoms with Crippen molar-refractivity contribution in [3.05, 3.63) is 86.9 Å². The van der Waals surface area contributed by atoms with E-state index in [1.807, 2.05) is 30.5 Å². The number of H-pyrrole nitrogens is 2. The fraction of sp³-hybridized carbons (Fsp3) is 0.136. The minimum atomic E-state index is -0.742. The van der Waals surface area contributed by atoms with Gasteiger partial charge in [0.2, 0.25) is 5.91 Å². The lowest BCUT2D eigenvalue weighted by atomic mass is 10.1. The van der Waals surface area contributed by atoms with Gasteiger partial charge < -0.3 is 15.3 Å². The Hall–Kier alpha value is -3.59. The van der Waals surface area contributed by atoms with Gasteiger partial charge in [-0.05, 0) is 30.0 Å². The lowest BCUT2D eigenvalue weighted by Crippen LogP contribution is -2.40. The van der Waals surface area contributed by atoms with Crippen LogP contribution in [0.5, 0.6) is 0 Å². The average Bonchev–Trinajstić information content (AvgIpc) is 3.19. The Labute approximate surface area is 180 Å². The maximum Gasteiger partial charge on any atom is 0.329 e. The number of carbonyl (C=O) groups excluding carboxylic acids is 1. The normalized spacial score (nSPS) is 11.0.